The van der Waals surface area contributed by atoms with Gasteiger partial charge in [-0.05, 0) is 224 Å². The smallest absolute Gasteiger partial charge is 0.229 e. The largest absolute Gasteiger partial charge is 0.354 e. The highest BCUT2D eigenvalue weighted by molar-refractivity contribution is 5.43. The summed E-state index contributed by atoms with van der Waals surface area (Å²) in [7, 11) is 0. The van der Waals surface area contributed by atoms with Gasteiger partial charge >= 0.3 is 0 Å². The number of nitrogens with zero attached hydrogens (tertiary/aromatic N) is 6. The molecule has 0 saturated carbocycles. The molecule has 0 aromatic carbocycles. The molecule has 2 aromatic heterocycles. The van der Waals surface area contributed by atoms with Crippen LogP contribution >= 0.6 is 0 Å². The summed E-state index contributed by atoms with van der Waals surface area (Å²) in [5.74, 6) is 6.88. The van der Waals surface area contributed by atoms with Crippen LogP contribution in [0.5, 0.6) is 0 Å². The number of unbranched alkanes of at least 4 members (excludes halogenated alkanes) is 7. The molecule has 458 valence electrons. The molecule has 0 aliphatic carbocycles. The van der Waals surface area contributed by atoms with E-state index in [2.05, 4.69) is 164 Å². The van der Waals surface area contributed by atoms with Crippen LogP contribution in [0.4, 0.5) is 35.7 Å². The van der Waals surface area contributed by atoms with Gasteiger partial charge in [0.2, 0.25) is 35.7 Å². The summed E-state index contributed by atoms with van der Waals surface area (Å²) in [6, 6.07) is 0. The Morgan fingerprint density at radius 1 is 0.250 bits per heavy atom. The lowest BCUT2D eigenvalue weighted by Gasteiger charge is -2.46. The first-order valence-electron chi connectivity index (χ1n) is 32.5. The van der Waals surface area contributed by atoms with Gasteiger partial charge in [0, 0.05) is 83.6 Å². The maximum Gasteiger partial charge on any atom is 0.229 e. The molecule has 4 aliphatic rings. The van der Waals surface area contributed by atoms with Crippen LogP contribution in [0.2, 0.25) is 0 Å². The second kappa shape index (κ2) is 29.0. The average Bonchev–Trinajstić information content (AvgIpc) is 3.36. The van der Waals surface area contributed by atoms with Crippen LogP contribution in [0.15, 0.2) is 0 Å². The number of hydrogen-bond acceptors (Lipinski definition) is 16. The van der Waals surface area contributed by atoms with Crippen molar-refractivity contribution in [3.63, 3.8) is 0 Å². The number of aromatic nitrogens is 6. The molecule has 6 heterocycles. The third-order valence-corrected chi connectivity index (χ3v) is 17.3. The van der Waals surface area contributed by atoms with Crippen LogP contribution in [0.3, 0.4) is 0 Å². The van der Waals surface area contributed by atoms with Crippen molar-refractivity contribution in [2.45, 2.75) is 309 Å². The van der Waals surface area contributed by atoms with E-state index in [9.17, 15) is 0 Å². The zero-order valence-corrected chi connectivity index (χ0v) is 54.2. The van der Waals surface area contributed by atoms with Gasteiger partial charge in [0.15, 0.2) is 0 Å². The molecule has 0 bridgehead atoms. The van der Waals surface area contributed by atoms with Crippen LogP contribution < -0.4 is 53.2 Å². The molecule has 4 saturated heterocycles. The Hall–Kier alpha value is -3.34. The topological polar surface area (TPSA) is 198 Å². The van der Waals surface area contributed by atoms with Gasteiger partial charge in [-0.2, -0.15) is 29.9 Å². The Balaban J connectivity index is 0.949. The lowest BCUT2D eigenvalue weighted by Crippen LogP contribution is -2.57. The molecule has 0 amide bonds. The molecule has 0 spiro atoms. The van der Waals surface area contributed by atoms with Crippen molar-refractivity contribution in [2.24, 2.45) is 23.7 Å². The highest BCUT2D eigenvalue weighted by atomic mass is 15.3. The molecule has 4 fully saturated rings. The predicted octanol–water partition coefficient (Wildman–Crippen LogP) is 13.7. The summed E-state index contributed by atoms with van der Waals surface area (Å²) in [6.45, 7) is 42.7. The number of nitrogens with one attached hydrogen (secondary N) is 10. The highest BCUT2D eigenvalue weighted by Crippen LogP contribution is 2.39. The Labute approximate surface area is 488 Å². The summed E-state index contributed by atoms with van der Waals surface area (Å²) in [5.41, 5.74) is 1.51. The van der Waals surface area contributed by atoms with E-state index < -0.39 is 0 Å². The van der Waals surface area contributed by atoms with E-state index in [4.69, 9.17) is 29.9 Å². The minimum atomic E-state index is 0.188. The molecule has 2 aromatic rings. The Kier molecular flexibility index (Phi) is 23.8. The molecule has 16 nitrogen and oxygen atoms in total. The van der Waals surface area contributed by atoms with Crippen molar-refractivity contribution in [2.75, 3.05) is 71.2 Å². The van der Waals surface area contributed by atoms with Crippen LogP contribution in [-0.4, -0.2) is 113 Å². The summed E-state index contributed by atoms with van der Waals surface area (Å²) < 4.78 is 0. The van der Waals surface area contributed by atoms with E-state index in [0.29, 0.717) is 35.7 Å². The van der Waals surface area contributed by atoms with Crippen LogP contribution in [0.25, 0.3) is 0 Å². The van der Waals surface area contributed by atoms with E-state index in [1.807, 2.05) is 0 Å². The van der Waals surface area contributed by atoms with Gasteiger partial charge in [0.1, 0.15) is 0 Å². The van der Waals surface area contributed by atoms with Crippen molar-refractivity contribution >= 4 is 35.7 Å². The predicted molar refractivity (Wildman–Crippen MR) is 341 cm³/mol. The van der Waals surface area contributed by atoms with Crippen LogP contribution in [0, 0.1) is 23.7 Å². The van der Waals surface area contributed by atoms with Crippen LogP contribution in [-0.2, 0) is 0 Å². The summed E-state index contributed by atoms with van der Waals surface area (Å²) in [6.07, 6.45) is 28.4. The molecule has 4 aliphatic heterocycles. The second-order valence-corrected chi connectivity index (χ2v) is 31.2. The summed E-state index contributed by atoms with van der Waals surface area (Å²) in [4.78, 5) is 29.1. The van der Waals surface area contributed by atoms with Crippen molar-refractivity contribution in [3.05, 3.63) is 0 Å². The van der Waals surface area contributed by atoms with Gasteiger partial charge in [0.05, 0.1) is 0 Å². The maximum absolute atomic E-state index is 4.86. The quantitative estimate of drug-likeness (QED) is 0.0303. The third kappa shape index (κ3) is 24.9. The zero-order chi connectivity index (χ0) is 58.3. The van der Waals surface area contributed by atoms with Crippen molar-refractivity contribution in [3.8, 4) is 0 Å². The Morgan fingerprint density at radius 3 is 0.562 bits per heavy atom. The summed E-state index contributed by atoms with van der Waals surface area (Å²) >= 11 is 0. The van der Waals surface area contributed by atoms with Gasteiger partial charge in [-0.3, -0.25) is 0 Å². The van der Waals surface area contributed by atoms with Crippen molar-refractivity contribution in [1.29, 1.82) is 0 Å². The fraction of sp³-hybridized carbons (Fsp3) is 0.906. The van der Waals surface area contributed by atoms with E-state index in [-0.39, 0.29) is 44.3 Å². The molecule has 16 heteroatoms. The van der Waals surface area contributed by atoms with Gasteiger partial charge in [-0.25, -0.2) is 0 Å². The van der Waals surface area contributed by atoms with E-state index in [1.165, 1.54) is 103 Å². The van der Waals surface area contributed by atoms with Gasteiger partial charge in [-0.15, -0.1) is 0 Å². The molecule has 0 radical (unpaired) electrons. The number of rotatable bonds is 33. The minimum absolute atomic E-state index is 0.188. The molecule has 6 rings (SSSR count). The third-order valence-electron chi connectivity index (χ3n) is 17.3. The maximum atomic E-state index is 4.86. The van der Waals surface area contributed by atoms with Gasteiger partial charge in [0.25, 0.3) is 0 Å². The zero-order valence-electron chi connectivity index (χ0n) is 54.2. The lowest BCUT2D eigenvalue weighted by atomic mass is 9.74. The van der Waals surface area contributed by atoms with E-state index in [0.717, 1.165) is 114 Å². The standard InChI is InChI=1S/C64H122N16/c1-57(2)39-47(40-58(3,4)77-57)29-19-25-35-67-53-71-51(72-54(75-53)68-36-26-20-30-48-41-59(5,6)78-60(7,8)42-48)65-33-23-17-18-24-34-66-52-73-55(69-37-27-21-31-49-43-61(9,10)79-62(11,12)44-49)76-56(74-52)70-38-28-22-32-50-45-63(13,14)80-64(15,16)46-50/h47-50,77-80H,17-46H2,1-16H3,(H3,65,67,68,71,72,75)(H3,66,69,70,73,74,76). The van der Waals surface area contributed by atoms with E-state index in [1.54, 1.807) is 0 Å². The first-order valence-corrected chi connectivity index (χ1v) is 32.5. The number of piperidine rings is 4. The molecular weight excluding hydrogens is 993 g/mol. The summed E-state index contributed by atoms with van der Waals surface area (Å²) in [5, 5.41) is 36.8. The average molecular weight is 1120 g/mol. The van der Waals surface area contributed by atoms with E-state index >= 15 is 0 Å². The molecule has 0 atom stereocenters. The first kappa shape index (κ1) is 65.8. The fourth-order valence-corrected chi connectivity index (χ4v) is 16.2. The van der Waals surface area contributed by atoms with Gasteiger partial charge in [-0.1, -0.05) is 64.2 Å². The number of hydrogen-bond donors (Lipinski definition) is 10. The highest BCUT2D eigenvalue weighted by Gasteiger charge is 2.40. The molecule has 10 N–H and O–H groups in total. The monoisotopic (exact) mass is 1120 g/mol. The molecular formula is C64H122N16. The first-order chi connectivity index (χ1) is 37.4. The van der Waals surface area contributed by atoms with Gasteiger partial charge < -0.3 is 53.2 Å². The second-order valence-electron chi connectivity index (χ2n) is 31.2. The normalized spacial score (nSPS) is 22.4. The van der Waals surface area contributed by atoms with Crippen molar-refractivity contribution in [1.82, 2.24) is 51.2 Å². The number of anilines is 6. The SMILES string of the molecule is CC1(C)CC(CCCCNc2nc(NCCCCCCNc3nc(NCCCCC4CC(C)(C)NC(C)(C)C4)nc(NCCCCC4CC(C)(C)NC(C)(C)C4)n3)nc(NCCCCC3CC(C)(C)NC(C)(C)C3)n2)CC(C)(C)N1. The Morgan fingerprint density at radius 2 is 0.400 bits per heavy atom. The molecule has 0 unspecified atom stereocenters. The Bertz CT molecular complexity index is 1800. The minimum Gasteiger partial charge on any atom is -0.354 e. The van der Waals surface area contributed by atoms with Crippen LogP contribution in [0.1, 0.15) is 265 Å². The fourth-order valence-electron chi connectivity index (χ4n) is 16.2. The van der Waals surface area contributed by atoms with Crippen molar-refractivity contribution < 1.29 is 0 Å². The molecule has 80 heavy (non-hydrogen) atoms. The lowest BCUT2D eigenvalue weighted by molar-refractivity contribution is 0.121.